The third kappa shape index (κ3) is 10.6. The lowest BCUT2D eigenvalue weighted by atomic mass is 10.0. The highest BCUT2D eigenvalue weighted by atomic mass is 19.1. The Balaban J connectivity index is 1.52. The minimum absolute atomic E-state index is 0.0929. The number of nitrogens with two attached hydrogens (primary N) is 2. The second-order valence-corrected chi connectivity index (χ2v) is 11.8. The van der Waals surface area contributed by atoms with Gasteiger partial charge in [0.15, 0.2) is 5.96 Å². The van der Waals surface area contributed by atoms with E-state index in [1.54, 1.807) is 6.92 Å². The second kappa shape index (κ2) is 18.5. The molecule has 0 bridgehead atoms. The highest BCUT2D eigenvalue weighted by Gasteiger charge is 2.34. The third-order valence-electron chi connectivity index (χ3n) is 8.10. The summed E-state index contributed by atoms with van der Waals surface area (Å²) in [6, 6.07) is 14.4. The number of phenolic OH excluding ortho intramolecular Hbond substituents is 1. The van der Waals surface area contributed by atoms with Crippen LogP contribution in [0.4, 0.5) is 19.3 Å². The van der Waals surface area contributed by atoms with Crippen molar-refractivity contribution in [3.05, 3.63) is 94.6 Å². The number of aromatic hydroxyl groups is 1. The van der Waals surface area contributed by atoms with Gasteiger partial charge >= 0.3 is 6.03 Å². The minimum atomic E-state index is -1.12. The van der Waals surface area contributed by atoms with Crippen molar-refractivity contribution in [3.63, 3.8) is 0 Å². The Labute approximate surface area is 289 Å². The molecule has 0 radical (unpaired) electrons. The highest BCUT2D eigenvalue weighted by molar-refractivity contribution is 5.95. The molecule has 0 fully saturated rings. The molecule has 50 heavy (non-hydrogen) atoms. The maximum atomic E-state index is 14.4. The number of amides is 4. The van der Waals surface area contributed by atoms with Gasteiger partial charge in [0.2, 0.25) is 11.8 Å². The van der Waals surface area contributed by atoms with Crippen LogP contribution in [0.15, 0.2) is 65.7 Å². The Morgan fingerprint density at radius 2 is 1.68 bits per heavy atom. The fourth-order valence-electron chi connectivity index (χ4n) is 5.64. The van der Waals surface area contributed by atoms with Gasteiger partial charge in [-0.05, 0) is 61.6 Å². The molecular weight excluding hydrogens is 648 g/mol. The van der Waals surface area contributed by atoms with Crippen molar-refractivity contribution in [2.75, 3.05) is 31.5 Å². The van der Waals surface area contributed by atoms with Crippen LogP contribution in [0.2, 0.25) is 0 Å². The summed E-state index contributed by atoms with van der Waals surface area (Å²) < 4.78 is 28.8. The van der Waals surface area contributed by atoms with Crippen LogP contribution in [-0.4, -0.2) is 66.0 Å². The number of urea groups is 1. The van der Waals surface area contributed by atoms with Crippen molar-refractivity contribution in [2.24, 2.45) is 16.5 Å². The van der Waals surface area contributed by atoms with Crippen molar-refractivity contribution in [1.29, 1.82) is 0 Å². The van der Waals surface area contributed by atoms with Crippen molar-refractivity contribution in [1.82, 2.24) is 26.2 Å². The molecule has 0 spiro atoms. The average Bonchev–Trinajstić information content (AvgIpc) is 3.49. The summed E-state index contributed by atoms with van der Waals surface area (Å²) in [6.07, 6.45) is 1.19. The van der Waals surface area contributed by atoms with Gasteiger partial charge in [0.1, 0.15) is 29.5 Å². The maximum absolute atomic E-state index is 14.4. The van der Waals surface area contributed by atoms with Crippen LogP contribution in [0.3, 0.4) is 0 Å². The van der Waals surface area contributed by atoms with Crippen LogP contribution in [-0.2, 0) is 29.2 Å². The molecule has 0 saturated carbocycles. The number of guanidine groups is 1. The molecule has 10 N–H and O–H groups in total. The molecule has 0 saturated heterocycles. The van der Waals surface area contributed by atoms with Crippen LogP contribution in [0.1, 0.15) is 54.5 Å². The first kappa shape index (κ1) is 37.5. The fourth-order valence-corrected chi connectivity index (χ4v) is 5.64. The Hall–Kier alpha value is -5.28. The topological polar surface area (TPSA) is 199 Å². The van der Waals surface area contributed by atoms with Crippen molar-refractivity contribution >= 4 is 29.5 Å². The number of aliphatic imine (C=N–C) groups is 1. The van der Waals surface area contributed by atoms with Gasteiger partial charge in [0.05, 0.1) is 0 Å². The normalized spacial score (nSPS) is 14.0. The lowest BCUT2D eigenvalue weighted by molar-refractivity contribution is -0.132. The Morgan fingerprint density at radius 1 is 0.960 bits per heavy atom. The summed E-state index contributed by atoms with van der Waals surface area (Å²) in [4.78, 5) is 45.6. The van der Waals surface area contributed by atoms with E-state index in [9.17, 15) is 28.3 Å². The SMILES string of the molecule is CCNC(=O)NC(N)=NCCC[C@@H](NC(=O)[C@H](c1ccccc1)N1Cc2ccc(NCCCN)cc2C1)C(=O)NCc1c(F)cc(O)cc1F. The van der Waals surface area contributed by atoms with Crippen LogP contribution >= 0.6 is 0 Å². The third-order valence-corrected chi connectivity index (χ3v) is 8.10. The number of benzene rings is 3. The van der Waals surface area contributed by atoms with Gasteiger partial charge in [-0.1, -0.05) is 36.4 Å². The van der Waals surface area contributed by atoms with E-state index < -0.39 is 59.4 Å². The summed E-state index contributed by atoms with van der Waals surface area (Å²) in [6.45, 7) is 4.05. The number of rotatable bonds is 16. The van der Waals surface area contributed by atoms with Gasteiger partial charge in [0.25, 0.3) is 0 Å². The van der Waals surface area contributed by atoms with Crippen molar-refractivity contribution in [3.8, 4) is 5.75 Å². The summed E-state index contributed by atoms with van der Waals surface area (Å²) >= 11 is 0. The summed E-state index contributed by atoms with van der Waals surface area (Å²) in [5, 5.41) is 23.2. The van der Waals surface area contributed by atoms with Gasteiger partial charge in [-0.15, -0.1) is 0 Å². The molecule has 0 aromatic heterocycles. The van der Waals surface area contributed by atoms with Gasteiger partial charge in [0, 0.05) is 62.7 Å². The fraction of sp³-hybridized carbons (Fsp3) is 0.371. The summed E-state index contributed by atoms with van der Waals surface area (Å²) in [7, 11) is 0. The van der Waals surface area contributed by atoms with Gasteiger partial charge in [-0.2, -0.15) is 0 Å². The first-order valence-electron chi connectivity index (χ1n) is 16.5. The van der Waals surface area contributed by atoms with E-state index in [-0.39, 0.29) is 25.3 Å². The van der Waals surface area contributed by atoms with E-state index in [2.05, 4.69) is 37.6 Å². The largest absolute Gasteiger partial charge is 0.508 e. The van der Waals surface area contributed by atoms with E-state index in [0.717, 1.165) is 47.5 Å². The van der Waals surface area contributed by atoms with Crippen LogP contribution < -0.4 is 38.1 Å². The molecule has 1 heterocycles. The second-order valence-electron chi connectivity index (χ2n) is 11.8. The molecule has 0 aliphatic carbocycles. The van der Waals surface area contributed by atoms with E-state index >= 15 is 0 Å². The molecule has 3 aromatic carbocycles. The van der Waals surface area contributed by atoms with Gasteiger partial charge < -0.3 is 37.8 Å². The zero-order chi connectivity index (χ0) is 36.0. The smallest absolute Gasteiger partial charge is 0.321 e. The number of carbonyl (C=O) groups is 3. The number of nitrogens with one attached hydrogen (secondary N) is 5. The number of carbonyl (C=O) groups excluding carboxylic acids is 3. The zero-order valence-electron chi connectivity index (χ0n) is 28.0. The van der Waals surface area contributed by atoms with Gasteiger partial charge in [-0.25, -0.2) is 13.6 Å². The highest BCUT2D eigenvalue weighted by Crippen LogP contribution is 2.33. The molecule has 1 aliphatic heterocycles. The molecule has 2 atom stereocenters. The average molecular weight is 694 g/mol. The monoisotopic (exact) mass is 693 g/mol. The first-order valence-corrected chi connectivity index (χ1v) is 16.5. The van der Waals surface area contributed by atoms with Crippen LogP contribution in [0.25, 0.3) is 0 Å². The number of anilines is 1. The summed E-state index contributed by atoms with van der Waals surface area (Å²) in [5.41, 5.74) is 14.8. The lowest BCUT2D eigenvalue weighted by Crippen LogP contribution is -2.50. The Morgan fingerprint density at radius 3 is 2.38 bits per heavy atom. The van der Waals surface area contributed by atoms with E-state index in [1.165, 1.54) is 0 Å². The zero-order valence-corrected chi connectivity index (χ0v) is 28.0. The van der Waals surface area contributed by atoms with Crippen LogP contribution in [0, 0.1) is 11.6 Å². The Kier molecular flexibility index (Phi) is 13.9. The molecule has 0 unspecified atom stereocenters. The molecule has 268 valence electrons. The standard InChI is InChI=1S/C35H45F2N9O4/c1-2-40-35(50)45-34(39)42-14-6-10-30(32(48)43-19-27-28(36)17-26(47)18-29(27)37)44-33(49)31(22-8-4-3-5-9-22)46-20-23-11-12-25(16-24(23)21-46)41-15-7-13-38/h3-5,8-9,11-12,16-18,30-31,41,47H,2,6-7,10,13-15,19-21,38H2,1H3,(H,43,48)(H,44,49)(H4,39,40,42,45,50)/t30-,31+/m1/s1. The number of nitrogens with zero attached hydrogens (tertiary/aromatic N) is 2. The quantitative estimate of drug-likeness (QED) is 0.0636. The molecule has 4 amide bonds. The first-order chi connectivity index (χ1) is 24.1. The molecule has 4 rings (SSSR count). The van der Waals surface area contributed by atoms with Crippen molar-refractivity contribution < 1.29 is 28.3 Å². The van der Waals surface area contributed by atoms with E-state index in [0.29, 0.717) is 26.2 Å². The molecule has 13 nitrogen and oxygen atoms in total. The van der Waals surface area contributed by atoms with Crippen molar-refractivity contribution in [2.45, 2.75) is 57.9 Å². The predicted molar refractivity (Wildman–Crippen MR) is 187 cm³/mol. The number of phenols is 1. The molecule has 15 heteroatoms. The minimum Gasteiger partial charge on any atom is -0.508 e. The number of hydrogen-bond donors (Lipinski definition) is 8. The van der Waals surface area contributed by atoms with E-state index in [4.69, 9.17) is 11.5 Å². The maximum Gasteiger partial charge on any atom is 0.321 e. The van der Waals surface area contributed by atoms with E-state index in [1.807, 2.05) is 47.4 Å². The molecule has 1 aliphatic rings. The molecular formula is C35H45F2N9O4. The Bertz CT molecular complexity index is 1640. The van der Waals surface area contributed by atoms with Gasteiger partial charge in [-0.3, -0.25) is 24.8 Å². The van der Waals surface area contributed by atoms with Crippen LogP contribution in [0.5, 0.6) is 5.75 Å². The predicted octanol–water partition coefficient (Wildman–Crippen LogP) is 2.70. The summed E-state index contributed by atoms with van der Waals surface area (Å²) in [5.74, 6) is -3.86. The number of halogens is 2. The number of fused-ring (bicyclic) bond motifs is 1. The lowest BCUT2D eigenvalue weighted by Gasteiger charge is -2.29. The number of hydrogen-bond acceptors (Lipinski definition) is 8. The molecule has 3 aromatic rings.